The zero-order valence-corrected chi connectivity index (χ0v) is 18.1. The van der Waals surface area contributed by atoms with Crippen LogP contribution in [0, 0.1) is 18.8 Å². The second-order valence-electron chi connectivity index (χ2n) is 9.09. The fraction of sp³-hybridized carbons (Fsp3) is 0.462. The maximum Gasteiger partial charge on any atom is 0.230 e. The Labute approximate surface area is 179 Å². The Morgan fingerprint density at radius 2 is 1.50 bits per heavy atom. The summed E-state index contributed by atoms with van der Waals surface area (Å²) in [6, 6.07) is 16.4. The van der Waals surface area contributed by atoms with Crippen molar-refractivity contribution in [3.63, 3.8) is 0 Å². The molecule has 4 nitrogen and oxygen atoms in total. The highest BCUT2D eigenvalue weighted by Gasteiger charge is 2.34. The molecule has 4 rings (SSSR count). The van der Waals surface area contributed by atoms with Crippen LogP contribution in [-0.4, -0.2) is 29.8 Å². The summed E-state index contributed by atoms with van der Waals surface area (Å²) in [6.45, 7) is 6.66. The summed E-state index contributed by atoms with van der Waals surface area (Å²) in [5.41, 5.74) is 4.27. The molecule has 1 heterocycles. The lowest BCUT2D eigenvalue weighted by atomic mass is 9.98. The van der Waals surface area contributed by atoms with Gasteiger partial charge in [0.05, 0.1) is 13.0 Å². The summed E-state index contributed by atoms with van der Waals surface area (Å²) in [5, 5.41) is 0. The van der Waals surface area contributed by atoms with Crippen LogP contribution in [0.3, 0.4) is 0 Å². The minimum absolute atomic E-state index is 0.165. The van der Waals surface area contributed by atoms with Gasteiger partial charge in [0, 0.05) is 24.7 Å². The molecule has 0 bridgehead atoms. The Bertz CT molecular complexity index is 876. The van der Waals surface area contributed by atoms with Crippen molar-refractivity contribution in [1.82, 2.24) is 4.90 Å². The van der Waals surface area contributed by atoms with Crippen molar-refractivity contribution in [2.75, 3.05) is 18.0 Å². The van der Waals surface area contributed by atoms with Crippen molar-refractivity contribution in [3.8, 4) is 0 Å². The van der Waals surface area contributed by atoms with E-state index < -0.39 is 0 Å². The smallest absolute Gasteiger partial charge is 0.230 e. The average Bonchev–Trinajstić information content (AvgIpc) is 3.59. The van der Waals surface area contributed by atoms with E-state index in [2.05, 4.69) is 38.1 Å². The number of benzene rings is 2. The molecule has 1 saturated carbocycles. The number of carbonyl (C=O) groups excluding carboxylic acids is 2. The first kappa shape index (κ1) is 20.6. The lowest BCUT2D eigenvalue weighted by Gasteiger charge is -2.30. The molecule has 2 aliphatic rings. The van der Waals surface area contributed by atoms with Crippen LogP contribution < -0.4 is 4.90 Å². The van der Waals surface area contributed by atoms with Crippen molar-refractivity contribution in [3.05, 3.63) is 65.2 Å². The second kappa shape index (κ2) is 9.03. The molecule has 2 amide bonds. The minimum atomic E-state index is 0.165. The predicted octanol–water partition coefficient (Wildman–Crippen LogP) is 4.74. The molecule has 1 aliphatic carbocycles. The third-order valence-corrected chi connectivity index (χ3v) is 6.39. The number of amides is 2. The maximum absolute atomic E-state index is 12.9. The largest absolute Gasteiger partial charge is 0.342 e. The van der Waals surface area contributed by atoms with Gasteiger partial charge in [0.25, 0.3) is 0 Å². The quantitative estimate of drug-likeness (QED) is 0.698. The molecule has 2 fully saturated rings. The van der Waals surface area contributed by atoms with E-state index in [1.807, 2.05) is 34.1 Å². The van der Waals surface area contributed by atoms with E-state index in [4.69, 9.17) is 0 Å². The number of piperidine rings is 1. The number of hydrogen-bond acceptors (Lipinski definition) is 2. The van der Waals surface area contributed by atoms with Crippen molar-refractivity contribution in [2.45, 2.75) is 52.5 Å². The van der Waals surface area contributed by atoms with E-state index in [-0.39, 0.29) is 17.7 Å². The molecule has 30 heavy (non-hydrogen) atoms. The molecule has 0 spiro atoms. The van der Waals surface area contributed by atoms with Gasteiger partial charge < -0.3 is 9.80 Å². The van der Waals surface area contributed by atoms with Crippen LogP contribution in [0.15, 0.2) is 48.5 Å². The third kappa shape index (κ3) is 5.10. The summed E-state index contributed by atoms with van der Waals surface area (Å²) in [7, 11) is 0. The number of carbonyl (C=O) groups is 2. The molecule has 0 radical (unpaired) electrons. The number of aryl methyl sites for hydroxylation is 1. The Morgan fingerprint density at radius 1 is 0.900 bits per heavy atom. The van der Waals surface area contributed by atoms with Gasteiger partial charge in [0.2, 0.25) is 11.8 Å². The molecular weight excluding hydrogens is 372 g/mol. The Balaban J connectivity index is 1.44. The van der Waals surface area contributed by atoms with E-state index in [0.717, 1.165) is 61.5 Å². The second-order valence-corrected chi connectivity index (χ2v) is 9.09. The van der Waals surface area contributed by atoms with Crippen LogP contribution in [0.4, 0.5) is 5.69 Å². The lowest BCUT2D eigenvalue weighted by molar-refractivity contribution is -0.131. The highest BCUT2D eigenvalue weighted by Crippen LogP contribution is 2.33. The summed E-state index contributed by atoms with van der Waals surface area (Å²) in [6.07, 6.45) is 4.61. The molecule has 1 saturated heterocycles. The van der Waals surface area contributed by atoms with Gasteiger partial charge in [0.1, 0.15) is 0 Å². The van der Waals surface area contributed by atoms with Crippen molar-refractivity contribution in [2.24, 2.45) is 11.8 Å². The Hall–Kier alpha value is -2.62. The summed E-state index contributed by atoms with van der Waals surface area (Å²) in [5.74, 6) is 1.30. The van der Waals surface area contributed by atoms with Gasteiger partial charge in [-0.3, -0.25) is 9.59 Å². The first-order valence-electron chi connectivity index (χ1n) is 11.2. The minimum Gasteiger partial charge on any atom is -0.342 e. The standard InChI is InChI=1S/C26H32N2O2/c1-19-3-5-22(6-4-19)18-28(26(30)23-9-10-23)24-11-7-21(8-12-24)17-25(29)27-15-13-20(2)14-16-27/h3-8,11-12,20,23H,9-10,13-18H2,1-2H3. The number of nitrogens with zero attached hydrogens (tertiary/aromatic N) is 2. The lowest BCUT2D eigenvalue weighted by Crippen LogP contribution is -2.38. The van der Waals surface area contributed by atoms with E-state index in [0.29, 0.717) is 13.0 Å². The maximum atomic E-state index is 12.9. The van der Waals surface area contributed by atoms with Crippen molar-refractivity contribution in [1.29, 1.82) is 0 Å². The summed E-state index contributed by atoms with van der Waals surface area (Å²) < 4.78 is 0. The first-order chi connectivity index (χ1) is 14.5. The topological polar surface area (TPSA) is 40.6 Å². The summed E-state index contributed by atoms with van der Waals surface area (Å²) in [4.78, 5) is 29.5. The van der Waals surface area contributed by atoms with Gasteiger partial charge in [0.15, 0.2) is 0 Å². The highest BCUT2D eigenvalue weighted by molar-refractivity contribution is 5.96. The molecular formula is C26H32N2O2. The predicted molar refractivity (Wildman–Crippen MR) is 120 cm³/mol. The molecule has 2 aromatic rings. The van der Waals surface area contributed by atoms with Crippen LogP contribution in [0.5, 0.6) is 0 Å². The molecule has 2 aromatic carbocycles. The SMILES string of the molecule is Cc1ccc(CN(C(=O)C2CC2)c2ccc(CC(=O)N3CCC(C)CC3)cc2)cc1. The molecule has 0 unspecified atom stereocenters. The van der Waals surface area contributed by atoms with E-state index >= 15 is 0 Å². The zero-order valence-electron chi connectivity index (χ0n) is 18.1. The van der Waals surface area contributed by atoms with Crippen LogP contribution >= 0.6 is 0 Å². The molecule has 1 aliphatic heterocycles. The first-order valence-corrected chi connectivity index (χ1v) is 11.2. The normalized spacial score (nSPS) is 17.1. The monoisotopic (exact) mass is 404 g/mol. The van der Waals surface area contributed by atoms with Gasteiger partial charge in [-0.15, -0.1) is 0 Å². The fourth-order valence-corrected chi connectivity index (χ4v) is 4.06. The van der Waals surface area contributed by atoms with Crippen molar-refractivity contribution < 1.29 is 9.59 Å². The van der Waals surface area contributed by atoms with E-state index in [1.165, 1.54) is 5.56 Å². The third-order valence-electron chi connectivity index (χ3n) is 6.39. The van der Waals surface area contributed by atoms with Crippen LogP contribution in [-0.2, 0) is 22.6 Å². The Kier molecular flexibility index (Phi) is 6.21. The number of anilines is 1. The molecule has 0 aromatic heterocycles. The molecule has 158 valence electrons. The average molecular weight is 405 g/mol. The number of likely N-dealkylation sites (tertiary alicyclic amines) is 1. The van der Waals surface area contributed by atoms with Gasteiger partial charge in [-0.1, -0.05) is 48.9 Å². The molecule has 4 heteroatoms. The van der Waals surface area contributed by atoms with Gasteiger partial charge in [-0.05, 0) is 61.8 Å². The van der Waals surface area contributed by atoms with Gasteiger partial charge in [-0.2, -0.15) is 0 Å². The zero-order chi connectivity index (χ0) is 21.1. The Morgan fingerprint density at radius 3 is 2.10 bits per heavy atom. The fourth-order valence-electron chi connectivity index (χ4n) is 4.06. The number of rotatable bonds is 6. The van der Waals surface area contributed by atoms with Crippen LogP contribution in [0.2, 0.25) is 0 Å². The van der Waals surface area contributed by atoms with Crippen molar-refractivity contribution >= 4 is 17.5 Å². The molecule has 0 N–H and O–H groups in total. The van der Waals surface area contributed by atoms with Crippen LogP contribution in [0.1, 0.15) is 49.3 Å². The van der Waals surface area contributed by atoms with Gasteiger partial charge >= 0.3 is 0 Å². The number of hydrogen-bond donors (Lipinski definition) is 0. The van der Waals surface area contributed by atoms with Gasteiger partial charge in [-0.25, -0.2) is 0 Å². The van der Waals surface area contributed by atoms with E-state index in [9.17, 15) is 9.59 Å². The molecule has 0 atom stereocenters. The highest BCUT2D eigenvalue weighted by atomic mass is 16.2. The van der Waals surface area contributed by atoms with E-state index in [1.54, 1.807) is 0 Å². The van der Waals surface area contributed by atoms with Crippen LogP contribution in [0.25, 0.3) is 0 Å². The summed E-state index contributed by atoms with van der Waals surface area (Å²) >= 11 is 0.